The standard InChI is InChI=1S/C25H24O7/c26-19(25-29-14-16-8-4-5-9-20(16)32-25)11-10-17-18-12-23(27)30-22(18)13-21(17)31-24(28)15-6-2-1-3-7-15/h1-11,17-19,21-22,25-26H,12-14H2/b11-10+/t17-,18-,19-,21-,22+,25+/m1/s1. The molecule has 2 heterocycles. The molecule has 0 bridgehead atoms. The van der Waals surface area contributed by atoms with Crippen molar-refractivity contribution in [2.45, 2.75) is 44.1 Å². The van der Waals surface area contributed by atoms with Crippen molar-refractivity contribution in [3.05, 3.63) is 77.9 Å². The molecule has 1 saturated heterocycles. The van der Waals surface area contributed by atoms with Crippen molar-refractivity contribution in [1.29, 1.82) is 0 Å². The highest BCUT2D eigenvalue weighted by Crippen LogP contribution is 2.44. The van der Waals surface area contributed by atoms with Crippen LogP contribution in [0.25, 0.3) is 0 Å². The van der Waals surface area contributed by atoms with Crippen molar-refractivity contribution in [2.75, 3.05) is 0 Å². The van der Waals surface area contributed by atoms with Crippen molar-refractivity contribution in [1.82, 2.24) is 0 Å². The van der Waals surface area contributed by atoms with E-state index in [0.717, 1.165) is 5.56 Å². The molecule has 0 amide bonds. The molecule has 6 atom stereocenters. The van der Waals surface area contributed by atoms with Gasteiger partial charge >= 0.3 is 11.9 Å². The average Bonchev–Trinajstić information content (AvgIpc) is 3.33. The third kappa shape index (κ3) is 4.13. The maximum absolute atomic E-state index is 12.6. The van der Waals surface area contributed by atoms with Crippen molar-refractivity contribution in [2.24, 2.45) is 11.8 Å². The van der Waals surface area contributed by atoms with Crippen LogP contribution in [0, 0.1) is 11.8 Å². The minimum Gasteiger partial charge on any atom is -0.462 e. The highest BCUT2D eigenvalue weighted by Gasteiger charge is 2.50. The summed E-state index contributed by atoms with van der Waals surface area (Å²) in [5, 5.41) is 10.7. The molecule has 0 unspecified atom stereocenters. The fraction of sp³-hybridized carbons (Fsp3) is 0.360. The van der Waals surface area contributed by atoms with E-state index in [1.165, 1.54) is 0 Å². The molecule has 7 heteroatoms. The van der Waals surface area contributed by atoms with Crippen LogP contribution in [0.5, 0.6) is 5.75 Å². The number of esters is 2. The maximum Gasteiger partial charge on any atom is 0.338 e. The zero-order chi connectivity index (χ0) is 22.1. The topological polar surface area (TPSA) is 91.3 Å². The molecule has 1 aliphatic carbocycles. The van der Waals surface area contributed by atoms with Crippen LogP contribution in [0.4, 0.5) is 0 Å². The van der Waals surface area contributed by atoms with Crippen LogP contribution in [0.2, 0.25) is 0 Å². The highest BCUT2D eigenvalue weighted by molar-refractivity contribution is 5.89. The molecular formula is C25H24O7. The number of ether oxygens (including phenoxy) is 4. The highest BCUT2D eigenvalue weighted by atomic mass is 16.7. The Labute approximate surface area is 185 Å². The predicted molar refractivity (Wildman–Crippen MR) is 113 cm³/mol. The van der Waals surface area contributed by atoms with E-state index < -0.39 is 24.5 Å². The Morgan fingerprint density at radius 1 is 1.09 bits per heavy atom. The van der Waals surface area contributed by atoms with Gasteiger partial charge in [-0.3, -0.25) is 4.79 Å². The molecule has 1 N–H and O–H groups in total. The van der Waals surface area contributed by atoms with E-state index in [2.05, 4.69) is 0 Å². The van der Waals surface area contributed by atoms with Crippen LogP contribution in [0.15, 0.2) is 66.7 Å². The van der Waals surface area contributed by atoms with E-state index in [9.17, 15) is 14.7 Å². The van der Waals surface area contributed by atoms with Crippen molar-refractivity contribution >= 4 is 11.9 Å². The van der Waals surface area contributed by atoms with Crippen LogP contribution < -0.4 is 4.74 Å². The van der Waals surface area contributed by atoms with E-state index in [1.54, 1.807) is 36.4 Å². The summed E-state index contributed by atoms with van der Waals surface area (Å²) >= 11 is 0. The van der Waals surface area contributed by atoms with Gasteiger partial charge < -0.3 is 24.1 Å². The molecule has 0 aromatic heterocycles. The second-order valence-electron chi connectivity index (χ2n) is 8.30. The number of aliphatic hydroxyl groups excluding tert-OH is 1. The predicted octanol–water partition coefficient (Wildman–Crippen LogP) is 3.02. The van der Waals surface area contributed by atoms with Gasteiger partial charge in [-0.25, -0.2) is 4.79 Å². The Hall–Kier alpha value is -3.16. The molecule has 32 heavy (non-hydrogen) atoms. The first-order valence-electron chi connectivity index (χ1n) is 10.8. The molecule has 5 rings (SSSR count). The molecule has 1 saturated carbocycles. The van der Waals surface area contributed by atoms with Gasteiger partial charge in [-0.15, -0.1) is 0 Å². The number of hydrogen-bond acceptors (Lipinski definition) is 7. The number of rotatable bonds is 5. The Kier molecular flexibility index (Phi) is 5.68. The monoisotopic (exact) mass is 436 g/mol. The number of para-hydroxylation sites is 1. The largest absolute Gasteiger partial charge is 0.462 e. The third-order valence-electron chi connectivity index (χ3n) is 6.25. The summed E-state index contributed by atoms with van der Waals surface area (Å²) < 4.78 is 22.6. The Balaban J connectivity index is 1.29. The molecule has 2 aromatic carbocycles. The first-order valence-corrected chi connectivity index (χ1v) is 10.8. The molecule has 2 fully saturated rings. The lowest BCUT2D eigenvalue weighted by molar-refractivity contribution is -0.152. The summed E-state index contributed by atoms with van der Waals surface area (Å²) in [5.74, 6) is -0.349. The minimum atomic E-state index is -1.02. The number of fused-ring (bicyclic) bond motifs is 2. The van der Waals surface area contributed by atoms with Crippen LogP contribution in [0.1, 0.15) is 28.8 Å². The minimum absolute atomic E-state index is 0.103. The van der Waals surface area contributed by atoms with Crippen LogP contribution in [0.3, 0.4) is 0 Å². The summed E-state index contributed by atoms with van der Waals surface area (Å²) in [7, 11) is 0. The van der Waals surface area contributed by atoms with Gasteiger partial charge in [0.1, 0.15) is 24.1 Å². The lowest BCUT2D eigenvalue weighted by atomic mass is 9.91. The summed E-state index contributed by atoms with van der Waals surface area (Å²) in [6.07, 6.45) is 1.48. The molecule has 166 valence electrons. The van der Waals surface area contributed by atoms with E-state index in [4.69, 9.17) is 18.9 Å². The van der Waals surface area contributed by atoms with Crippen molar-refractivity contribution in [3.63, 3.8) is 0 Å². The Morgan fingerprint density at radius 2 is 1.88 bits per heavy atom. The zero-order valence-electron chi connectivity index (χ0n) is 17.3. The van der Waals surface area contributed by atoms with Crippen LogP contribution in [-0.4, -0.2) is 41.6 Å². The smallest absolute Gasteiger partial charge is 0.338 e. The van der Waals surface area contributed by atoms with E-state index in [0.29, 0.717) is 24.3 Å². The number of aliphatic hydroxyl groups is 1. The van der Waals surface area contributed by atoms with Crippen LogP contribution >= 0.6 is 0 Å². The van der Waals surface area contributed by atoms with Crippen molar-refractivity contribution in [3.8, 4) is 5.75 Å². The molecule has 7 nitrogen and oxygen atoms in total. The molecule has 3 aliphatic rings. The van der Waals surface area contributed by atoms with Crippen LogP contribution in [-0.2, 0) is 25.6 Å². The van der Waals surface area contributed by atoms with Gasteiger partial charge in [0, 0.05) is 23.8 Å². The number of carbonyl (C=O) groups excluding carboxylic acids is 2. The molecular weight excluding hydrogens is 412 g/mol. The van der Waals surface area contributed by atoms with Gasteiger partial charge in [-0.1, -0.05) is 48.6 Å². The van der Waals surface area contributed by atoms with E-state index in [1.807, 2.05) is 30.3 Å². The fourth-order valence-electron chi connectivity index (χ4n) is 4.64. The SMILES string of the molecule is O=C1C[C@@H]2[C@@H](/C=C/[C@@H](O)[C@H]3OCc4ccccc4O3)[C@H](OC(=O)c3ccccc3)C[C@@H]2O1. The first-order chi connectivity index (χ1) is 15.6. The van der Waals surface area contributed by atoms with Gasteiger partial charge in [0.25, 0.3) is 0 Å². The quantitative estimate of drug-likeness (QED) is 0.569. The number of benzene rings is 2. The number of hydrogen-bond donors (Lipinski definition) is 1. The lowest BCUT2D eigenvalue weighted by Gasteiger charge is -2.28. The molecule has 2 aromatic rings. The van der Waals surface area contributed by atoms with Gasteiger partial charge in [0.05, 0.1) is 18.6 Å². The normalized spacial score (nSPS) is 29.7. The second-order valence-corrected chi connectivity index (χ2v) is 8.30. The summed E-state index contributed by atoms with van der Waals surface area (Å²) in [5.41, 5.74) is 1.39. The number of carbonyl (C=O) groups is 2. The Morgan fingerprint density at radius 3 is 2.72 bits per heavy atom. The maximum atomic E-state index is 12.6. The summed E-state index contributed by atoms with van der Waals surface area (Å²) in [6.45, 7) is 0.347. The second kappa shape index (κ2) is 8.76. The van der Waals surface area contributed by atoms with Gasteiger partial charge in [-0.2, -0.15) is 0 Å². The molecule has 0 spiro atoms. The van der Waals surface area contributed by atoms with E-state index >= 15 is 0 Å². The molecule has 2 aliphatic heterocycles. The van der Waals surface area contributed by atoms with Gasteiger partial charge in [-0.05, 0) is 18.2 Å². The average molecular weight is 436 g/mol. The lowest BCUT2D eigenvalue weighted by Crippen LogP contribution is -2.36. The summed E-state index contributed by atoms with van der Waals surface area (Å²) in [4.78, 5) is 24.4. The van der Waals surface area contributed by atoms with Crippen molar-refractivity contribution < 1.29 is 33.6 Å². The van der Waals surface area contributed by atoms with E-state index in [-0.39, 0.29) is 30.3 Å². The van der Waals surface area contributed by atoms with Gasteiger partial charge in [0.2, 0.25) is 6.29 Å². The zero-order valence-corrected chi connectivity index (χ0v) is 17.3. The third-order valence-corrected chi connectivity index (χ3v) is 6.25. The first kappa shape index (κ1) is 20.7. The fourth-order valence-corrected chi connectivity index (χ4v) is 4.64. The van der Waals surface area contributed by atoms with Gasteiger partial charge in [0.15, 0.2) is 0 Å². The Bertz CT molecular complexity index is 1020. The summed E-state index contributed by atoms with van der Waals surface area (Å²) in [6, 6.07) is 16.3. The molecule has 0 radical (unpaired) electrons.